The van der Waals surface area contributed by atoms with Crippen molar-refractivity contribution in [3.05, 3.63) is 51.9 Å². The van der Waals surface area contributed by atoms with Crippen LogP contribution in [0.3, 0.4) is 0 Å². The maximum Gasteiger partial charge on any atom is 0.255 e. The zero-order chi connectivity index (χ0) is 12.3. The van der Waals surface area contributed by atoms with Crippen LogP contribution in [0.15, 0.2) is 35.3 Å². The van der Waals surface area contributed by atoms with E-state index < -0.39 is 0 Å². The fraction of sp³-hybridized carbons (Fsp3) is 0.0833. The molecule has 0 radical (unpaired) electrons. The minimum absolute atomic E-state index is 0.170. The molecule has 1 aromatic carbocycles. The van der Waals surface area contributed by atoms with Gasteiger partial charge in [0.2, 0.25) is 5.95 Å². The molecule has 0 aliphatic carbocycles. The van der Waals surface area contributed by atoms with Crippen LogP contribution in [0.5, 0.6) is 0 Å². The molecule has 5 heteroatoms. The van der Waals surface area contributed by atoms with Crippen molar-refractivity contribution >= 4 is 11.6 Å². The highest BCUT2D eigenvalue weighted by atomic mass is 16.1. The molecule has 0 amide bonds. The summed E-state index contributed by atoms with van der Waals surface area (Å²) in [6.45, 7) is 1.69. The summed E-state index contributed by atoms with van der Waals surface area (Å²) in [6, 6.07) is 8.91. The second-order valence-corrected chi connectivity index (χ2v) is 3.56. The van der Waals surface area contributed by atoms with Crippen LogP contribution in [-0.2, 0) is 0 Å². The van der Waals surface area contributed by atoms with Gasteiger partial charge >= 0.3 is 0 Å². The van der Waals surface area contributed by atoms with Crippen LogP contribution in [0.4, 0.5) is 11.6 Å². The number of nitriles is 1. The number of H-pyrrole nitrogens is 1. The van der Waals surface area contributed by atoms with E-state index in [-0.39, 0.29) is 5.56 Å². The molecule has 1 heterocycles. The Hall–Kier alpha value is -2.61. The first-order valence-electron chi connectivity index (χ1n) is 5.02. The van der Waals surface area contributed by atoms with Crippen LogP contribution in [0.1, 0.15) is 11.1 Å². The zero-order valence-electron chi connectivity index (χ0n) is 9.19. The van der Waals surface area contributed by atoms with Crippen molar-refractivity contribution < 1.29 is 0 Å². The van der Waals surface area contributed by atoms with Gasteiger partial charge in [-0.3, -0.25) is 9.78 Å². The molecule has 17 heavy (non-hydrogen) atoms. The number of aromatic amines is 1. The van der Waals surface area contributed by atoms with Gasteiger partial charge in [0, 0.05) is 17.4 Å². The maximum atomic E-state index is 11.4. The topological polar surface area (TPSA) is 81.6 Å². The second-order valence-electron chi connectivity index (χ2n) is 3.56. The summed E-state index contributed by atoms with van der Waals surface area (Å²) < 4.78 is 0. The maximum absolute atomic E-state index is 11.4. The van der Waals surface area contributed by atoms with Crippen molar-refractivity contribution in [1.82, 2.24) is 9.97 Å². The number of nitrogens with one attached hydrogen (secondary N) is 2. The van der Waals surface area contributed by atoms with Gasteiger partial charge in [-0.25, -0.2) is 4.98 Å². The monoisotopic (exact) mass is 226 g/mol. The van der Waals surface area contributed by atoms with Crippen LogP contribution in [0.2, 0.25) is 0 Å². The Balaban J connectivity index is 2.23. The average molecular weight is 226 g/mol. The summed E-state index contributed by atoms with van der Waals surface area (Å²) in [5.41, 5.74) is 1.74. The summed E-state index contributed by atoms with van der Waals surface area (Å²) >= 11 is 0. The summed E-state index contributed by atoms with van der Waals surface area (Å²) in [7, 11) is 0. The second kappa shape index (κ2) is 4.49. The molecule has 0 atom stereocenters. The lowest BCUT2D eigenvalue weighted by Gasteiger charge is -2.04. The fourth-order valence-corrected chi connectivity index (χ4v) is 1.29. The Morgan fingerprint density at radius 1 is 1.35 bits per heavy atom. The Kier molecular flexibility index (Phi) is 2.88. The van der Waals surface area contributed by atoms with Crippen LogP contribution in [-0.4, -0.2) is 9.97 Å². The molecule has 0 aliphatic rings. The Bertz CT molecular complexity index is 622. The molecule has 0 bridgehead atoms. The molecule has 0 saturated heterocycles. The van der Waals surface area contributed by atoms with Crippen molar-refractivity contribution in [3.8, 4) is 6.07 Å². The molecule has 0 saturated carbocycles. The lowest BCUT2D eigenvalue weighted by Crippen LogP contribution is -2.12. The van der Waals surface area contributed by atoms with Crippen LogP contribution < -0.4 is 10.9 Å². The first kappa shape index (κ1) is 10.9. The van der Waals surface area contributed by atoms with E-state index in [9.17, 15) is 4.79 Å². The third kappa shape index (κ3) is 2.49. The van der Waals surface area contributed by atoms with E-state index in [2.05, 4.69) is 15.3 Å². The highest BCUT2D eigenvalue weighted by molar-refractivity contribution is 5.54. The molecule has 1 aromatic heterocycles. The lowest BCUT2D eigenvalue weighted by molar-refractivity contribution is 1.08. The molecule has 0 spiro atoms. The summed E-state index contributed by atoms with van der Waals surface area (Å²) in [6.07, 6.45) is 1.50. The SMILES string of the molecule is Cc1cnc(Nc2ccc(C#N)cc2)[nH]c1=O. The number of nitrogens with zero attached hydrogens (tertiary/aromatic N) is 2. The molecule has 5 nitrogen and oxygen atoms in total. The minimum atomic E-state index is -0.170. The first-order valence-corrected chi connectivity index (χ1v) is 5.02. The van der Waals surface area contributed by atoms with Crippen molar-refractivity contribution in [2.45, 2.75) is 6.92 Å². The van der Waals surface area contributed by atoms with Crippen molar-refractivity contribution in [1.29, 1.82) is 5.26 Å². The number of aryl methyl sites for hydroxylation is 1. The minimum Gasteiger partial charge on any atom is -0.326 e. The van der Waals surface area contributed by atoms with Crippen molar-refractivity contribution in [2.24, 2.45) is 0 Å². The summed E-state index contributed by atoms with van der Waals surface area (Å²) in [5, 5.41) is 11.6. The van der Waals surface area contributed by atoms with E-state index in [0.717, 1.165) is 5.69 Å². The van der Waals surface area contributed by atoms with Gasteiger partial charge < -0.3 is 5.32 Å². The molecule has 84 valence electrons. The lowest BCUT2D eigenvalue weighted by atomic mass is 10.2. The van der Waals surface area contributed by atoms with Crippen LogP contribution >= 0.6 is 0 Å². The number of aromatic nitrogens is 2. The Labute approximate surface area is 97.8 Å². The summed E-state index contributed by atoms with van der Waals surface area (Å²) in [5.74, 6) is 0.380. The number of benzene rings is 1. The third-order valence-electron chi connectivity index (χ3n) is 2.25. The molecular weight excluding hydrogens is 216 g/mol. The van der Waals surface area contributed by atoms with Gasteiger partial charge in [-0.15, -0.1) is 0 Å². The fourth-order valence-electron chi connectivity index (χ4n) is 1.29. The smallest absolute Gasteiger partial charge is 0.255 e. The molecule has 0 unspecified atom stereocenters. The quantitative estimate of drug-likeness (QED) is 0.816. The third-order valence-corrected chi connectivity index (χ3v) is 2.25. The van der Waals surface area contributed by atoms with E-state index in [0.29, 0.717) is 17.1 Å². The van der Waals surface area contributed by atoms with Crippen LogP contribution in [0.25, 0.3) is 0 Å². The van der Waals surface area contributed by atoms with E-state index in [1.807, 2.05) is 6.07 Å². The van der Waals surface area contributed by atoms with Gasteiger partial charge in [0.25, 0.3) is 5.56 Å². The predicted octanol–water partition coefficient (Wildman–Crippen LogP) is 1.69. The molecule has 2 N–H and O–H groups in total. The first-order chi connectivity index (χ1) is 8.19. The number of rotatable bonds is 2. The predicted molar refractivity (Wildman–Crippen MR) is 64.0 cm³/mol. The molecular formula is C12H10N4O. The number of hydrogen-bond acceptors (Lipinski definition) is 4. The van der Waals surface area contributed by atoms with Gasteiger partial charge in [-0.1, -0.05) is 0 Å². The highest BCUT2D eigenvalue weighted by Crippen LogP contribution is 2.12. The van der Waals surface area contributed by atoms with E-state index in [1.165, 1.54) is 6.20 Å². The number of anilines is 2. The van der Waals surface area contributed by atoms with E-state index in [4.69, 9.17) is 5.26 Å². The van der Waals surface area contributed by atoms with E-state index in [1.54, 1.807) is 31.2 Å². The average Bonchev–Trinajstić information content (AvgIpc) is 2.35. The van der Waals surface area contributed by atoms with Gasteiger partial charge in [-0.05, 0) is 31.2 Å². The zero-order valence-corrected chi connectivity index (χ0v) is 9.19. The van der Waals surface area contributed by atoms with Crippen molar-refractivity contribution in [3.63, 3.8) is 0 Å². The molecule has 0 aliphatic heterocycles. The van der Waals surface area contributed by atoms with Gasteiger partial charge in [0.1, 0.15) is 0 Å². The standard InChI is InChI=1S/C12H10N4O/c1-8-7-14-12(16-11(8)17)15-10-4-2-9(6-13)3-5-10/h2-5,7H,1H3,(H2,14,15,16,17). The number of hydrogen-bond donors (Lipinski definition) is 2. The normalized spacial score (nSPS) is 9.65. The Morgan fingerprint density at radius 2 is 2.06 bits per heavy atom. The van der Waals surface area contributed by atoms with E-state index >= 15 is 0 Å². The van der Waals surface area contributed by atoms with Gasteiger partial charge in [0.05, 0.1) is 11.6 Å². The molecule has 2 rings (SSSR count). The van der Waals surface area contributed by atoms with Gasteiger partial charge in [0.15, 0.2) is 0 Å². The van der Waals surface area contributed by atoms with Crippen LogP contribution in [0, 0.1) is 18.3 Å². The largest absolute Gasteiger partial charge is 0.326 e. The molecule has 0 fully saturated rings. The highest BCUT2D eigenvalue weighted by Gasteiger charge is 1.99. The van der Waals surface area contributed by atoms with Crippen molar-refractivity contribution in [2.75, 3.05) is 5.32 Å². The summed E-state index contributed by atoms with van der Waals surface area (Å²) in [4.78, 5) is 18.0. The van der Waals surface area contributed by atoms with Gasteiger partial charge in [-0.2, -0.15) is 5.26 Å². The molecule has 2 aromatic rings. The Morgan fingerprint density at radius 3 is 2.65 bits per heavy atom.